The smallest absolute Gasteiger partial charge is 0.412 e. The minimum absolute atomic E-state index is 0.0623. The molecule has 28 heavy (non-hydrogen) atoms. The van der Waals surface area contributed by atoms with Gasteiger partial charge in [0.25, 0.3) is 5.69 Å². The minimum Gasteiger partial charge on any atom is -0.463 e. The first-order chi connectivity index (χ1) is 12.8. The highest BCUT2D eigenvalue weighted by atomic mass is 127. The van der Waals surface area contributed by atoms with Crippen molar-refractivity contribution in [2.75, 3.05) is 16.8 Å². The molecule has 2 aliphatic rings. The lowest BCUT2D eigenvalue weighted by Crippen LogP contribution is -2.29. The fraction of sp³-hybridized carbons (Fsp3) is 0.500. The van der Waals surface area contributed by atoms with Gasteiger partial charge in [0.2, 0.25) is 5.79 Å². The summed E-state index contributed by atoms with van der Waals surface area (Å²) in [6.07, 6.45) is 0.857. The van der Waals surface area contributed by atoms with E-state index in [0.29, 0.717) is 21.6 Å². The molecule has 0 aliphatic carbocycles. The molecule has 2 aliphatic heterocycles. The molecule has 1 N–H and O–H groups in total. The first-order valence-corrected chi connectivity index (χ1v) is 9.76. The molecule has 1 atom stereocenters. The number of rotatable bonds is 3. The summed E-state index contributed by atoms with van der Waals surface area (Å²) in [6.45, 7) is 9.35. The number of hydrogen-bond donors (Lipinski definition) is 1. The third-order valence-corrected chi connectivity index (χ3v) is 4.82. The van der Waals surface area contributed by atoms with E-state index in [1.807, 2.05) is 47.5 Å². The van der Waals surface area contributed by atoms with Crippen molar-refractivity contribution in [2.24, 2.45) is 0 Å². The van der Waals surface area contributed by atoms with Crippen molar-refractivity contribution in [3.05, 3.63) is 37.8 Å². The molecular formula is C18H22IN3O6. The molecule has 2 heterocycles. The number of carbonyl (C=O) groups is 1. The number of hydrogen-bond acceptors (Lipinski definition) is 7. The molecule has 1 aromatic carbocycles. The molecule has 0 aromatic heterocycles. The Labute approximate surface area is 176 Å². The summed E-state index contributed by atoms with van der Waals surface area (Å²) in [4.78, 5) is 24.9. The van der Waals surface area contributed by atoms with Crippen LogP contribution in [0.3, 0.4) is 0 Å². The van der Waals surface area contributed by atoms with Crippen LogP contribution in [0, 0.1) is 13.7 Å². The molecule has 1 fully saturated rings. The van der Waals surface area contributed by atoms with Crippen molar-refractivity contribution in [3.63, 3.8) is 0 Å². The van der Waals surface area contributed by atoms with E-state index in [0.717, 1.165) is 0 Å². The van der Waals surface area contributed by atoms with Gasteiger partial charge in [0, 0.05) is 29.7 Å². The Morgan fingerprint density at radius 1 is 1.43 bits per heavy atom. The van der Waals surface area contributed by atoms with Crippen LogP contribution in [0.2, 0.25) is 0 Å². The highest BCUT2D eigenvalue weighted by Crippen LogP contribution is 2.40. The van der Waals surface area contributed by atoms with E-state index >= 15 is 0 Å². The molecule has 1 saturated heterocycles. The van der Waals surface area contributed by atoms with Gasteiger partial charge in [-0.15, -0.1) is 0 Å². The number of halogens is 1. The number of nitro groups is 1. The number of nitro benzene ring substituents is 1. The van der Waals surface area contributed by atoms with Crippen LogP contribution < -0.4 is 10.2 Å². The van der Waals surface area contributed by atoms with Gasteiger partial charge in [-0.1, -0.05) is 0 Å². The van der Waals surface area contributed by atoms with Gasteiger partial charge in [0.15, 0.2) is 0 Å². The van der Waals surface area contributed by atoms with Crippen LogP contribution in [0.25, 0.3) is 0 Å². The average Bonchev–Trinajstić information content (AvgIpc) is 2.99. The summed E-state index contributed by atoms with van der Waals surface area (Å²) in [5.74, 6) is 0.0371. The number of ether oxygens (including phenoxy) is 3. The molecule has 1 aromatic rings. The summed E-state index contributed by atoms with van der Waals surface area (Å²) >= 11 is 2.03. The van der Waals surface area contributed by atoms with Crippen molar-refractivity contribution >= 4 is 45.7 Å². The predicted molar refractivity (Wildman–Crippen MR) is 111 cm³/mol. The average molecular weight is 503 g/mol. The number of nitrogens with zero attached hydrogens (tertiary/aromatic N) is 2. The number of nitrogens with one attached hydrogen (secondary N) is 1. The topological polar surface area (TPSA) is 103 Å². The van der Waals surface area contributed by atoms with Crippen molar-refractivity contribution in [2.45, 2.75) is 52.1 Å². The SMILES string of the molecule is CC(C)(C)OC(=O)Nc1cc(N2C=C3OC(C)(C)OC3C2)c(I)cc1[N+](=O)[O-]. The highest BCUT2D eigenvalue weighted by Gasteiger charge is 2.42. The fourth-order valence-electron chi connectivity index (χ4n) is 3.00. The lowest BCUT2D eigenvalue weighted by atomic mass is 10.2. The van der Waals surface area contributed by atoms with Gasteiger partial charge in [-0.25, -0.2) is 4.79 Å². The second-order valence-electron chi connectivity index (χ2n) is 8.00. The molecule has 3 rings (SSSR count). The van der Waals surface area contributed by atoms with Crippen molar-refractivity contribution < 1.29 is 23.9 Å². The Hall–Kier alpha value is -2.08. The molecule has 10 heteroatoms. The minimum atomic E-state index is -0.757. The molecule has 0 radical (unpaired) electrons. The number of carbonyl (C=O) groups excluding carboxylic acids is 1. The Balaban J connectivity index is 1.90. The molecular weight excluding hydrogens is 481 g/mol. The number of amides is 1. The first kappa shape index (κ1) is 20.6. The van der Waals surface area contributed by atoms with Crippen LogP contribution in [0.1, 0.15) is 34.6 Å². The molecule has 0 saturated carbocycles. The standard InChI is InChI=1S/C18H22IN3O6/c1-17(2,3)28-16(23)20-11-7-12(10(19)6-13(11)22(24)25)21-8-14-15(9-21)27-18(4,5)26-14/h6-8,15H,9H2,1-5H3,(H,20,23). The van der Waals surface area contributed by atoms with Crippen molar-refractivity contribution in [3.8, 4) is 0 Å². The zero-order valence-electron chi connectivity index (χ0n) is 16.2. The normalized spacial score (nSPS) is 20.3. The van der Waals surface area contributed by atoms with Gasteiger partial charge in [-0.05, 0) is 49.4 Å². The van der Waals surface area contributed by atoms with Crippen LogP contribution in [0.4, 0.5) is 21.9 Å². The molecule has 9 nitrogen and oxygen atoms in total. The van der Waals surface area contributed by atoms with Crippen LogP contribution in [-0.4, -0.2) is 35.1 Å². The van der Waals surface area contributed by atoms with Gasteiger partial charge < -0.3 is 19.1 Å². The van der Waals surface area contributed by atoms with E-state index in [1.165, 1.54) is 6.07 Å². The molecule has 152 valence electrons. The lowest BCUT2D eigenvalue weighted by molar-refractivity contribution is -0.384. The van der Waals surface area contributed by atoms with E-state index < -0.39 is 22.4 Å². The molecule has 0 spiro atoms. The van der Waals surface area contributed by atoms with Gasteiger partial charge in [-0.3, -0.25) is 15.4 Å². The van der Waals surface area contributed by atoms with Crippen LogP contribution in [0.5, 0.6) is 0 Å². The predicted octanol–water partition coefficient (Wildman–Crippen LogP) is 4.36. The largest absolute Gasteiger partial charge is 0.463 e. The number of anilines is 2. The lowest BCUT2D eigenvalue weighted by Gasteiger charge is -2.23. The van der Waals surface area contributed by atoms with Crippen LogP contribution in [0.15, 0.2) is 24.1 Å². The summed E-state index contributed by atoms with van der Waals surface area (Å²) in [7, 11) is 0. The third kappa shape index (κ3) is 4.49. The first-order valence-electron chi connectivity index (χ1n) is 8.68. The van der Waals surface area contributed by atoms with E-state index in [9.17, 15) is 14.9 Å². The maximum absolute atomic E-state index is 12.1. The van der Waals surface area contributed by atoms with Gasteiger partial charge in [0.1, 0.15) is 23.2 Å². The van der Waals surface area contributed by atoms with E-state index in [2.05, 4.69) is 5.32 Å². The maximum atomic E-state index is 12.1. The quantitative estimate of drug-likeness (QED) is 0.372. The van der Waals surface area contributed by atoms with E-state index in [-0.39, 0.29) is 17.5 Å². The van der Waals surface area contributed by atoms with E-state index in [1.54, 1.807) is 26.8 Å². The Bertz CT molecular complexity index is 862. The Kier molecular flexibility index (Phi) is 5.21. The van der Waals surface area contributed by atoms with Gasteiger partial charge >= 0.3 is 6.09 Å². The van der Waals surface area contributed by atoms with Crippen LogP contribution >= 0.6 is 22.6 Å². The fourth-order valence-corrected chi connectivity index (χ4v) is 3.76. The molecule has 1 unspecified atom stereocenters. The third-order valence-electron chi connectivity index (χ3n) is 3.96. The maximum Gasteiger partial charge on any atom is 0.412 e. The highest BCUT2D eigenvalue weighted by molar-refractivity contribution is 14.1. The van der Waals surface area contributed by atoms with Crippen LogP contribution in [-0.2, 0) is 14.2 Å². The van der Waals surface area contributed by atoms with E-state index in [4.69, 9.17) is 14.2 Å². The Morgan fingerprint density at radius 3 is 2.68 bits per heavy atom. The summed E-state index contributed by atoms with van der Waals surface area (Å²) in [5, 5.41) is 13.9. The summed E-state index contributed by atoms with van der Waals surface area (Å²) in [5.41, 5.74) is -0.167. The monoisotopic (exact) mass is 503 g/mol. The number of fused-ring (bicyclic) bond motifs is 1. The van der Waals surface area contributed by atoms with Gasteiger partial charge in [-0.2, -0.15) is 0 Å². The zero-order chi connectivity index (χ0) is 20.9. The Morgan fingerprint density at radius 2 is 2.11 bits per heavy atom. The van der Waals surface area contributed by atoms with Crippen molar-refractivity contribution in [1.82, 2.24) is 0 Å². The molecule has 1 amide bonds. The summed E-state index contributed by atoms with van der Waals surface area (Å²) < 4.78 is 17.5. The second-order valence-corrected chi connectivity index (χ2v) is 9.16. The number of benzene rings is 1. The molecule has 0 bridgehead atoms. The van der Waals surface area contributed by atoms with Gasteiger partial charge in [0.05, 0.1) is 17.2 Å². The second kappa shape index (κ2) is 7.07. The summed E-state index contributed by atoms with van der Waals surface area (Å²) in [6, 6.07) is 2.98. The zero-order valence-corrected chi connectivity index (χ0v) is 18.4. The van der Waals surface area contributed by atoms with Crippen molar-refractivity contribution in [1.29, 1.82) is 0 Å².